The van der Waals surface area contributed by atoms with Crippen molar-refractivity contribution in [2.24, 2.45) is 14.1 Å². The molecule has 3 aromatic heterocycles. The highest BCUT2D eigenvalue weighted by molar-refractivity contribution is 5.95. The van der Waals surface area contributed by atoms with Gasteiger partial charge in [0.1, 0.15) is 11.6 Å². The Labute approximate surface area is 241 Å². The fourth-order valence-corrected chi connectivity index (χ4v) is 5.73. The van der Waals surface area contributed by atoms with Gasteiger partial charge >= 0.3 is 6.36 Å². The van der Waals surface area contributed by atoms with Crippen molar-refractivity contribution in [1.29, 1.82) is 0 Å². The highest BCUT2D eigenvalue weighted by atomic mass is 19.4. The molecule has 0 radical (unpaired) electrons. The van der Waals surface area contributed by atoms with Crippen molar-refractivity contribution in [3.63, 3.8) is 0 Å². The number of aromatic nitrogens is 6. The number of imidazole rings is 1. The number of ether oxygens (including phenoxy) is 1. The van der Waals surface area contributed by atoms with Gasteiger partial charge in [-0.1, -0.05) is 63.2 Å². The van der Waals surface area contributed by atoms with Crippen LogP contribution < -0.4 is 4.74 Å². The van der Waals surface area contributed by atoms with Gasteiger partial charge in [0, 0.05) is 67.0 Å². The molecule has 42 heavy (non-hydrogen) atoms. The summed E-state index contributed by atoms with van der Waals surface area (Å²) in [6.45, 7) is 6.97. The van der Waals surface area contributed by atoms with Crippen LogP contribution in [0.15, 0.2) is 73.1 Å². The minimum atomic E-state index is -4.87. The molecule has 0 N–H and O–H groups in total. The maximum Gasteiger partial charge on any atom is 0.573 e. The number of hydrogen-bond donors (Lipinski definition) is 0. The average Bonchev–Trinajstić information content (AvgIpc) is 3.60. The number of hydrogen-bond acceptors (Lipinski definition) is 4. The Morgan fingerprint density at radius 2 is 1.62 bits per heavy atom. The van der Waals surface area contributed by atoms with E-state index in [2.05, 4.69) is 28.9 Å². The lowest BCUT2D eigenvalue weighted by molar-refractivity contribution is -0.274. The van der Waals surface area contributed by atoms with Crippen LogP contribution in [0, 0.1) is 0 Å². The summed E-state index contributed by atoms with van der Waals surface area (Å²) in [5.41, 5.74) is 5.17. The summed E-state index contributed by atoms with van der Waals surface area (Å²) in [5.74, 6) is 0.320. The monoisotopic (exact) mass is 572 g/mol. The molecule has 6 aromatic rings. The Bertz CT molecular complexity index is 1900. The lowest BCUT2D eigenvalue weighted by atomic mass is 10.0. The van der Waals surface area contributed by atoms with Gasteiger partial charge < -0.3 is 9.30 Å². The van der Waals surface area contributed by atoms with Gasteiger partial charge in [-0.3, -0.25) is 9.36 Å². The van der Waals surface area contributed by atoms with E-state index < -0.39 is 6.36 Å². The van der Waals surface area contributed by atoms with Crippen LogP contribution in [-0.2, 0) is 20.6 Å². The quantitative estimate of drug-likeness (QED) is 0.196. The molecule has 10 heteroatoms. The molecule has 3 heterocycles. The molecule has 0 unspecified atom stereocenters. The van der Waals surface area contributed by atoms with Crippen LogP contribution in [0.2, 0.25) is 0 Å². The molecular formula is C32H31F3N6O. The maximum atomic E-state index is 13.5. The minimum absolute atomic E-state index is 0.0313. The van der Waals surface area contributed by atoms with Crippen molar-refractivity contribution in [2.45, 2.75) is 45.5 Å². The molecule has 0 spiro atoms. The Morgan fingerprint density at radius 3 is 2.33 bits per heavy atom. The second-order valence-electron chi connectivity index (χ2n) is 11.0. The molecule has 0 saturated heterocycles. The number of nitrogens with zero attached hydrogens (tertiary/aromatic N) is 6. The maximum absolute atomic E-state index is 13.5. The number of halogens is 3. The second-order valence-corrected chi connectivity index (χ2v) is 11.0. The van der Waals surface area contributed by atoms with Crippen LogP contribution >= 0.6 is 0 Å². The summed E-state index contributed by atoms with van der Waals surface area (Å²) in [6.07, 6.45) is -1.08. The van der Waals surface area contributed by atoms with Gasteiger partial charge in [-0.2, -0.15) is 10.2 Å². The summed E-state index contributed by atoms with van der Waals surface area (Å²) >= 11 is 0. The third kappa shape index (κ3) is 5.13. The van der Waals surface area contributed by atoms with Gasteiger partial charge in [0.2, 0.25) is 0 Å². The van der Waals surface area contributed by atoms with E-state index in [4.69, 9.17) is 10.1 Å². The third-order valence-corrected chi connectivity index (χ3v) is 7.56. The smallest absolute Gasteiger partial charge is 0.405 e. The predicted octanol–water partition coefficient (Wildman–Crippen LogP) is 7.82. The van der Waals surface area contributed by atoms with Crippen LogP contribution in [0.3, 0.4) is 0 Å². The molecule has 0 bridgehead atoms. The fraction of sp³-hybridized carbons (Fsp3) is 0.281. The Kier molecular flexibility index (Phi) is 6.79. The number of aryl methyl sites for hydroxylation is 1. The zero-order valence-corrected chi connectivity index (χ0v) is 24.0. The van der Waals surface area contributed by atoms with Crippen molar-refractivity contribution in [3.05, 3.63) is 84.3 Å². The topological polar surface area (TPSA) is 62.7 Å². The van der Waals surface area contributed by atoms with E-state index in [9.17, 15) is 13.2 Å². The van der Waals surface area contributed by atoms with Crippen molar-refractivity contribution in [3.8, 4) is 28.4 Å². The second kappa shape index (κ2) is 10.3. The number of benzene rings is 3. The average molecular weight is 573 g/mol. The van der Waals surface area contributed by atoms with Gasteiger partial charge in [-0.25, -0.2) is 4.98 Å². The molecule has 0 amide bonds. The van der Waals surface area contributed by atoms with E-state index in [0.717, 1.165) is 22.2 Å². The van der Waals surface area contributed by atoms with Crippen LogP contribution in [0.1, 0.15) is 43.9 Å². The van der Waals surface area contributed by atoms with Crippen LogP contribution in [0.5, 0.6) is 5.75 Å². The Hall–Kier alpha value is -4.60. The first-order valence-electron chi connectivity index (χ1n) is 13.8. The molecule has 7 nitrogen and oxygen atoms in total. The van der Waals surface area contributed by atoms with E-state index in [1.54, 1.807) is 24.0 Å². The number of alkyl halides is 3. The number of rotatable bonds is 7. The summed E-state index contributed by atoms with van der Waals surface area (Å²) in [5, 5.41) is 10.7. The van der Waals surface area contributed by atoms with Crippen LogP contribution in [0.4, 0.5) is 13.2 Å². The summed E-state index contributed by atoms with van der Waals surface area (Å²) in [6, 6.07) is 19.2. The standard InChI is InChI=1S/C32H31F3N6O/c1-19(2)30-29(23-12-9-13-26-25(23)18-41(38-26)16-20(3)21-10-7-6-8-11-21)36-31(40(30)5)24-14-22-17-39(4)37-27(22)15-28(24)42-32(33,34)35/h6-15,17-20H,16H2,1-5H3/t20-/m0/s1. The van der Waals surface area contributed by atoms with Crippen LogP contribution in [0.25, 0.3) is 44.5 Å². The molecule has 0 aliphatic rings. The normalized spacial score (nSPS) is 13.0. The van der Waals surface area contributed by atoms with Gasteiger partial charge in [0.25, 0.3) is 0 Å². The molecule has 3 aromatic carbocycles. The summed E-state index contributed by atoms with van der Waals surface area (Å²) in [4.78, 5) is 5.00. The lowest BCUT2D eigenvalue weighted by Crippen LogP contribution is -2.18. The van der Waals surface area contributed by atoms with Gasteiger partial charge in [-0.05, 0) is 23.6 Å². The first-order chi connectivity index (χ1) is 20.0. The van der Waals surface area contributed by atoms with Crippen LogP contribution in [-0.4, -0.2) is 35.5 Å². The molecular weight excluding hydrogens is 541 g/mol. The highest BCUT2D eigenvalue weighted by Gasteiger charge is 2.34. The van der Waals surface area contributed by atoms with Gasteiger partial charge in [0.05, 0.1) is 22.3 Å². The minimum Gasteiger partial charge on any atom is -0.405 e. The van der Waals surface area contributed by atoms with E-state index in [1.807, 2.05) is 72.7 Å². The Morgan fingerprint density at radius 1 is 0.857 bits per heavy atom. The lowest BCUT2D eigenvalue weighted by Gasteiger charge is -2.14. The fourth-order valence-electron chi connectivity index (χ4n) is 5.73. The first kappa shape index (κ1) is 27.6. The SMILES string of the molecule is CC(C)c1c(-c2cccc3nn(C[C@H](C)c4ccccc4)cc23)nc(-c2cc3cn(C)nc3cc2OC(F)(F)F)n1C. The summed E-state index contributed by atoms with van der Waals surface area (Å²) in [7, 11) is 3.55. The molecule has 0 aliphatic heterocycles. The highest BCUT2D eigenvalue weighted by Crippen LogP contribution is 2.41. The van der Waals surface area contributed by atoms with E-state index >= 15 is 0 Å². The van der Waals surface area contributed by atoms with Gasteiger partial charge in [-0.15, -0.1) is 13.2 Å². The molecule has 0 fully saturated rings. The Balaban J connectivity index is 1.49. The molecule has 6 rings (SSSR count). The molecule has 0 saturated carbocycles. The molecule has 216 valence electrons. The summed E-state index contributed by atoms with van der Waals surface area (Å²) < 4.78 is 50.4. The molecule has 1 atom stereocenters. The third-order valence-electron chi connectivity index (χ3n) is 7.56. The predicted molar refractivity (Wildman–Crippen MR) is 157 cm³/mol. The van der Waals surface area contributed by atoms with E-state index in [1.165, 1.54) is 11.6 Å². The molecule has 0 aliphatic carbocycles. The van der Waals surface area contributed by atoms with Crippen molar-refractivity contribution >= 4 is 21.8 Å². The zero-order valence-electron chi connectivity index (χ0n) is 24.0. The largest absolute Gasteiger partial charge is 0.573 e. The number of fused-ring (bicyclic) bond motifs is 2. The first-order valence-corrected chi connectivity index (χ1v) is 13.8. The van der Waals surface area contributed by atoms with Crippen molar-refractivity contribution in [1.82, 2.24) is 29.1 Å². The zero-order chi connectivity index (χ0) is 29.8. The van der Waals surface area contributed by atoms with E-state index in [-0.39, 0.29) is 23.1 Å². The van der Waals surface area contributed by atoms with E-state index in [0.29, 0.717) is 29.0 Å². The van der Waals surface area contributed by atoms with Crippen molar-refractivity contribution < 1.29 is 17.9 Å². The van der Waals surface area contributed by atoms with Crippen molar-refractivity contribution in [2.75, 3.05) is 0 Å². The van der Waals surface area contributed by atoms with Gasteiger partial charge in [0.15, 0.2) is 0 Å².